The van der Waals surface area contributed by atoms with Crippen LogP contribution in [0.15, 0.2) is 60.7 Å². The monoisotopic (exact) mass is 411 g/mol. The highest BCUT2D eigenvalue weighted by Crippen LogP contribution is 2.38. The molecule has 4 aromatic rings. The second-order valence-electron chi connectivity index (χ2n) is 8.26. The highest BCUT2D eigenvalue weighted by Gasteiger charge is 2.34. The first-order chi connectivity index (χ1) is 14.6. The lowest BCUT2D eigenvalue weighted by Gasteiger charge is -2.37. The number of aromatic nitrogens is 1. The second kappa shape index (κ2) is 6.67. The van der Waals surface area contributed by atoms with Crippen LogP contribution in [-0.4, -0.2) is 24.0 Å². The van der Waals surface area contributed by atoms with Crippen molar-refractivity contribution in [1.29, 1.82) is 0 Å². The Balaban J connectivity index is 1.12. The first-order valence-corrected chi connectivity index (χ1v) is 11.1. The van der Waals surface area contributed by atoms with Crippen LogP contribution in [0.1, 0.15) is 16.7 Å². The molecule has 2 aliphatic rings. The molecule has 0 atom stereocenters. The molecule has 0 saturated carbocycles. The minimum absolute atomic E-state index is 0.00389. The van der Waals surface area contributed by atoms with Gasteiger partial charge in [-0.2, -0.15) is 0 Å². The largest absolute Gasteiger partial charge is 0.346 e. The SMILES string of the molecule is Cc1ccc2nc(N3CC(C(=O)Nc4ccc5c(c4)Cc4ccccc4-5)C3)sc2c1. The fourth-order valence-corrected chi connectivity index (χ4v) is 5.50. The third-order valence-electron chi connectivity index (χ3n) is 6.12. The third kappa shape index (κ3) is 2.89. The predicted octanol–water partition coefficient (Wildman–Crippen LogP) is 5.25. The van der Waals surface area contributed by atoms with Crippen LogP contribution >= 0.6 is 11.3 Å². The average Bonchev–Trinajstić information content (AvgIpc) is 3.26. The van der Waals surface area contributed by atoms with Crippen molar-refractivity contribution >= 4 is 38.3 Å². The Morgan fingerprint density at radius 3 is 2.77 bits per heavy atom. The lowest BCUT2D eigenvalue weighted by atomic mass is 9.99. The van der Waals surface area contributed by atoms with Gasteiger partial charge in [0.05, 0.1) is 16.1 Å². The van der Waals surface area contributed by atoms with Gasteiger partial charge in [-0.25, -0.2) is 4.98 Å². The van der Waals surface area contributed by atoms with Gasteiger partial charge in [-0.3, -0.25) is 4.79 Å². The summed E-state index contributed by atoms with van der Waals surface area (Å²) in [6.07, 6.45) is 0.934. The fraction of sp³-hybridized carbons (Fsp3) is 0.200. The highest BCUT2D eigenvalue weighted by atomic mass is 32.1. The van der Waals surface area contributed by atoms with E-state index in [0.29, 0.717) is 0 Å². The zero-order chi connectivity index (χ0) is 20.2. The molecule has 4 nitrogen and oxygen atoms in total. The van der Waals surface area contributed by atoms with Crippen molar-refractivity contribution in [2.75, 3.05) is 23.3 Å². The Kier molecular flexibility index (Phi) is 3.93. The van der Waals surface area contributed by atoms with Crippen molar-refractivity contribution in [3.05, 3.63) is 77.4 Å². The van der Waals surface area contributed by atoms with Gasteiger partial charge < -0.3 is 10.2 Å². The number of anilines is 2. The van der Waals surface area contributed by atoms with Crippen LogP contribution in [0.5, 0.6) is 0 Å². The smallest absolute Gasteiger partial charge is 0.231 e. The Labute approximate surface area is 179 Å². The van der Waals surface area contributed by atoms with Crippen molar-refractivity contribution in [2.24, 2.45) is 5.92 Å². The van der Waals surface area contributed by atoms with Gasteiger partial charge in [0.15, 0.2) is 5.13 Å². The van der Waals surface area contributed by atoms with E-state index in [1.54, 1.807) is 11.3 Å². The number of amides is 1. The van der Waals surface area contributed by atoms with Crippen LogP contribution in [0.25, 0.3) is 21.3 Å². The van der Waals surface area contributed by atoms with E-state index < -0.39 is 0 Å². The average molecular weight is 412 g/mol. The molecule has 2 heterocycles. The number of hydrogen-bond acceptors (Lipinski definition) is 4. The summed E-state index contributed by atoms with van der Waals surface area (Å²) in [6, 6.07) is 21.1. The van der Waals surface area contributed by atoms with Gasteiger partial charge in [-0.05, 0) is 65.4 Å². The fourth-order valence-electron chi connectivity index (χ4n) is 4.42. The molecule has 1 fully saturated rings. The summed E-state index contributed by atoms with van der Waals surface area (Å²) in [6.45, 7) is 3.54. The molecule has 3 aromatic carbocycles. The molecule has 0 unspecified atom stereocenters. The van der Waals surface area contributed by atoms with Gasteiger partial charge in [-0.15, -0.1) is 0 Å². The summed E-state index contributed by atoms with van der Waals surface area (Å²) in [7, 11) is 0. The molecule has 5 heteroatoms. The van der Waals surface area contributed by atoms with Crippen molar-refractivity contribution in [1.82, 2.24) is 4.98 Å². The van der Waals surface area contributed by atoms with Gasteiger partial charge >= 0.3 is 0 Å². The van der Waals surface area contributed by atoms with E-state index in [1.807, 2.05) is 6.07 Å². The quantitative estimate of drug-likeness (QED) is 0.441. The molecule has 0 radical (unpaired) electrons. The van der Waals surface area contributed by atoms with E-state index in [-0.39, 0.29) is 11.8 Å². The summed E-state index contributed by atoms with van der Waals surface area (Å²) >= 11 is 1.70. The molecule has 1 aliphatic carbocycles. The minimum atomic E-state index is 0.00389. The number of carbonyl (C=O) groups excluding carboxylic acids is 1. The second-order valence-corrected chi connectivity index (χ2v) is 9.27. The van der Waals surface area contributed by atoms with Crippen LogP contribution in [0.2, 0.25) is 0 Å². The molecule has 1 N–H and O–H groups in total. The number of rotatable bonds is 3. The maximum atomic E-state index is 12.8. The molecule has 148 valence electrons. The predicted molar refractivity (Wildman–Crippen MR) is 123 cm³/mol. The van der Waals surface area contributed by atoms with E-state index in [1.165, 1.54) is 32.5 Å². The lowest BCUT2D eigenvalue weighted by molar-refractivity contribution is -0.120. The molecule has 0 spiro atoms. The normalized spacial score (nSPS) is 15.0. The number of fused-ring (bicyclic) bond motifs is 4. The standard InChI is InChI=1S/C25H21N3OS/c1-15-6-9-22-23(10-15)30-25(27-22)28-13-18(14-28)24(29)26-19-7-8-21-17(12-19)11-16-4-2-3-5-20(16)21/h2-10,12,18H,11,13-14H2,1H3,(H,26,29). The molecule has 30 heavy (non-hydrogen) atoms. The highest BCUT2D eigenvalue weighted by molar-refractivity contribution is 7.22. The van der Waals surface area contributed by atoms with Gasteiger partial charge in [-0.1, -0.05) is 47.7 Å². The Morgan fingerprint density at radius 2 is 1.87 bits per heavy atom. The number of aryl methyl sites for hydroxylation is 1. The number of nitrogens with zero attached hydrogens (tertiary/aromatic N) is 2. The van der Waals surface area contributed by atoms with Crippen molar-refractivity contribution in [3.8, 4) is 11.1 Å². The molecule has 6 rings (SSSR count). The topological polar surface area (TPSA) is 45.2 Å². The Bertz CT molecular complexity index is 1300. The maximum Gasteiger partial charge on any atom is 0.231 e. The van der Waals surface area contributed by atoms with Crippen LogP contribution in [0.4, 0.5) is 10.8 Å². The summed E-state index contributed by atoms with van der Waals surface area (Å²) in [4.78, 5) is 19.7. The number of nitrogens with one attached hydrogen (secondary N) is 1. The van der Waals surface area contributed by atoms with Crippen LogP contribution < -0.4 is 10.2 Å². The van der Waals surface area contributed by atoms with Gasteiger partial charge in [0.25, 0.3) is 0 Å². The van der Waals surface area contributed by atoms with E-state index in [4.69, 9.17) is 4.98 Å². The molecule has 1 amide bonds. The zero-order valence-electron chi connectivity index (χ0n) is 16.7. The van der Waals surface area contributed by atoms with Gasteiger partial charge in [0.1, 0.15) is 0 Å². The molecule has 1 saturated heterocycles. The lowest BCUT2D eigenvalue weighted by Crippen LogP contribution is -2.52. The molecule has 1 aliphatic heterocycles. The summed E-state index contributed by atoms with van der Waals surface area (Å²) in [5, 5.41) is 4.13. The van der Waals surface area contributed by atoms with Crippen LogP contribution in [0, 0.1) is 12.8 Å². The number of carbonyl (C=O) groups is 1. The van der Waals surface area contributed by atoms with E-state index in [2.05, 4.69) is 71.7 Å². The zero-order valence-corrected chi connectivity index (χ0v) is 17.5. The van der Waals surface area contributed by atoms with E-state index >= 15 is 0 Å². The number of benzene rings is 3. The minimum Gasteiger partial charge on any atom is -0.346 e. The van der Waals surface area contributed by atoms with E-state index in [0.717, 1.165) is 35.8 Å². The third-order valence-corrected chi connectivity index (χ3v) is 7.20. The van der Waals surface area contributed by atoms with Crippen molar-refractivity contribution < 1.29 is 4.79 Å². The maximum absolute atomic E-state index is 12.8. The number of hydrogen-bond donors (Lipinski definition) is 1. The first kappa shape index (κ1) is 17.7. The van der Waals surface area contributed by atoms with Crippen molar-refractivity contribution in [2.45, 2.75) is 13.3 Å². The van der Waals surface area contributed by atoms with Crippen LogP contribution in [0.3, 0.4) is 0 Å². The molecular weight excluding hydrogens is 390 g/mol. The van der Waals surface area contributed by atoms with Gasteiger partial charge in [0.2, 0.25) is 5.91 Å². The molecule has 1 aromatic heterocycles. The van der Waals surface area contributed by atoms with Crippen LogP contribution in [-0.2, 0) is 11.2 Å². The number of thiazole rings is 1. The Morgan fingerprint density at radius 1 is 1.03 bits per heavy atom. The molecule has 0 bridgehead atoms. The first-order valence-electron chi connectivity index (χ1n) is 10.3. The summed E-state index contributed by atoms with van der Waals surface area (Å²) in [5.41, 5.74) is 8.41. The van der Waals surface area contributed by atoms with E-state index in [9.17, 15) is 4.79 Å². The molecular formula is C25H21N3OS. The van der Waals surface area contributed by atoms with Gasteiger partial charge in [0, 0.05) is 18.8 Å². The summed E-state index contributed by atoms with van der Waals surface area (Å²) < 4.78 is 1.21. The summed E-state index contributed by atoms with van der Waals surface area (Å²) in [5.74, 6) is 0.0999. The van der Waals surface area contributed by atoms with Crippen molar-refractivity contribution in [3.63, 3.8) is 0 Å². The Hall–Kier alpha value is -3.18.